The maximum absolute atomic E-state index is 12.9. The van der Waals surface area contributed by atoms with Crippen molar-refractivity contribution in [3.05, 3.63) is 102 Å². The number of carbonyl (C=O) groups is 2. The van der Waals surface area contributed by atoms with Crippen molar-refractivity contribution < 1.29 is 9.59 Å². The minimum atomic E-state index is -0.478. The lowest BCUT2D eigenvalue weighted by Gasteiger charge is -2.19. The van der Waals surface area contributed by atoms with Crippen LogP contribution >= 0.6 is 0 Å². The molecule has 0 fully saturated rings. The molecule has 0 aliphatic rings. The van der Waals surface area contributed by atoms with Gasteiger partial charge in [0.05, 0.1) is 18.2 Å². The topological polar surface area (TPSA) is 102 Å². The van der Waals surface area contributed by atoms with Crippen molar-refractivity contribution in [2.45, 2.75) is 19.4 Å². The molecule has 1 unspecified atom stereocenters. The molecule has 0 aliphatic heterocycles. The molecule has 0 bridgehead atoms. The van der Waals surface area contributed by atoms with Gasteiger partial charge in [0, 0.05) is 11.3 Å². The van der Waals surface area contributed by atoms with Crippen LogP contribution in [0.15, 0.2) is 84.9 Å². The summed E-state index contributed by atoms with van der Waals surface area (Å²) in [6.07, 6.45) is 0.0801. The third kappa shape index (κ3) is 5.04. The van der Waals surface area contributed by atoms with E-state index < -0.39 is 6.04 Å². The first-order valence-electron chi connectivity index (χ1n) is 10.2. The number of nitrogens with zero attached hydrogens (tertiary/aromatic N) is 4. The van der Waals surface area contributed by atoms with Crippen molar-refractivity contribution >= 4 is 17.5 Å². The standard InChI is InChI=1S/C24H22N6O2/c1-17-27-28-29-30(17)21-14-8-13-20(15-21)25-23(31)16-22(18-9-4-2-5-10-18)26-24(32)19-11-6-3-7-12-19/h2-15,22H,16H2,1H3,(H,25,31)(H,26,32). The van der Waals surface area contributed by atoms with E-state index in [4.69, 9.17) is 0 Å². The Labute approximate surface area is 185 Å². The predicted molar refractivity (Wildman–Crippen MR) is 120 cm³/mol. The van der Waals surface area contributed by atoms with E-state index in [0.717, 1.165) is 11.3 Å². The van der Waals surface area contributed by atoms with Gasteiger partial charge in [-0.3, -0.25) is 9.59 Å². The normalized spacial score (nSPS) is 11.5. The van der Waals surface area contributed by atoms with Crippen LogP contribution in [0.1, 0.15) is 34.2 Å². The molecular formula is C24H22N6O2. The summed E-state index contributed by atoms with van der Waals surface area (Å²) in [5, 5.41) is 17.4. The van der Waals surface area contributed by atoms with Crippen LogP contribution < -0.4 is 10.6 Å². The minimum absolute atomic E-state index is 0.0801. The summed E-state index contributed by atoms with van der Waals surface area (Å²) >= 11 is 0. The molecule has 2 N–H and O–H groups in total. The summed E-state index contributed by atoms with van der Waals surface area (Å²) in [7, 11) is 0. The third-order valence-corrected chi connectivity index (χ3v) is 4.93. The van der Waals surface area contributed by atoms with Gasteiger partial charge in [-0.2, -0.15) is 4.68 Å². The fraction of sp³-hybridized carbons (Fsp3) is 0.125. The van der Waals surface area contributed by atoms with Crippen molar-refractivity contribution in [2.75, 3.05) is 5.32 Å². The molecule has 1 atom stereocenters. The number of rotatable bonds is 7. The molecule has 0 saturated carbocycles. The van der Waals surface area contributed by atoms with Crippen molar-refractivity contribution in [2.24, 2.45) is 0 Å². The molecule has 0 spiro atoms. The van der Waals surface area contributed by atoms with Gasteiger partial charge in [-0.1, -0.05) is 54.6 Å². The molecule has 1 aromatic heterocycles. The number of amides is 2. The summed E-state index contributed by atoms with van der Waals surface area (Å²) in [6.45, 7) is 1.80. The predicted octanol–water partition coefficient (Wildman–Crippen LogP) is 3.47. The highest BCUT2D eigenvalue weighted by molar-refractivity contribution is 5.96. The van der Waals surface area contributed by atoms with E-state index >= 15 is 0 Å². The lowest BCUT2D eigenvalue weighted by Crippen LogP contribution is -2.31. The van der Waals surface area contributed by atoms with Crippen LogP contribution in [-0.2, 0) is 4.79 Å². The summed E-state index contributed by atoms with van der Waals surface area (Å²) in [5.74, 6) is 0.183. The van der Waals surface area contributed by atoms with Crippen molar-refractivity contribution in [3.8, 4) is 5.69 Å². The molecule has 0 radical (unpaired) electrons. The zero-order valence-electron chi connectivity index (χ0n) is 17.5. The summed E-state index contributed by atoms with van der Waals surface area (Å²) < 4.78 is 1.59. The van der Waals surface area contributed by atoms with Crippen LogP contribution in [0.3, 0.4) is 0 Å². The zero-order chi connectivity index (χ0) is 22.3. The molecule has 3 aromatic carbocycles. The second-order valence-electron chi connectivity index (χ2n) is 7.24. The SMILES string of the molecule is Cc1nnnn1-c1cccc(NC(=O)CC(NC(=O)c2ccccc2)c2ccccc2)c1. The smallest absolute Gasteiger partial charge is 0.251 e. The van der Waals surface area contributed by atoms with Crippen molar-refractivity contribution in [3.63, 3.8) is 0 Å². The molecule has 32 heavy (non-hydrogen) atoms. The number of anilines is 1. The highest BCUT2D eigenvalue weighted by Gasteiger charge is 2.19. The number of aromatic nitrogens is 4. The number of tetrazole rings is 1. The lowest BCUT2D eigenvalue weighted by atomic mass is 10.0. The second-order valence-corrected chi connectivity index (χ2v) is 7.24. The van der Waals surface area contributed by atoms with Crippen LogP contribution in [0.5, 0.6) is 0 Å². The zero-order valence-corrected chi connectivity index (χ0v) is 17.5. The Morgan fingerprint density at radius 2 is 1.66 bits per heavy atom. The van der Waals surface area contributed by atoms with Gasteiger partial charge in [0.25, 0.3) is 5.91 Å². The van der Waals surface area contributed by atoms with Gasteiger partial charge in [0.1, 0.15) is 0 Å². The number of carbonyl (C=O) groups excluding carboxylic acids is 2. The van der Waals surface area contributed by atoms with Gasteiger partial charge in [-0.15, -0.1) is 5.10 Å². The maximum Gasteiger partial charge on any atom is 0.251 e. The number of benzene rings is 3. The highest BCUT2D eigenvalue weighted by atomic mass is 16.2. The summed E-state index contributed by atoms with van der Waals surface area (Å²) in [4.78, 5) is 25.6. The average molecular weight is 426 g/mol. The molecule has 0 aliphatic carbocycles. The van der Waals surface area contributed by atoms with Crippen molar-refractivity contribution in [1.82, 2.24) is 25.5 Å². The molecule has 8 nitrogen and oxygen atoms in total. The van der Waals surface area contributed by atoms with Gasteiger partial charge >= 0.3 is 0 Å². The van der Waals surface area contributed by atoms with E-state index in [1.807, 2.05) is 48.5 Å². The Bertz CT molecular complexity index is 1210. The summed E-state index contributed by atoms with van der Waals surface area (Å²) in [6, 6.07) is 25.2. The van der Waals surface area contributed by atoms with E-state index in [1.165, 1.54) is 0 Å². The van der Waals surface area contributed by atoms with Crippen LogP contribution in [0.2, 0.25) is 0 Å². The van der Waals surface area contributed by atoms with E-state index in [2.05, 4.69) is 26.2 Å². The molecule has 8 heteroatoms. The first kappa shape index (κ1) is 20.9. The quantitative estimate of drug-likeness (QED) is 0.471. The van der Waals surface area contributed by atoms with Gasteiger partial charge in [0.15, 0.2) is 5.82 Å². The fourth-order valence-electron chi connectivity index (χ4n) is 3.35. The second kappa shape index (κ2) is 9.65. The molecule has 4 rings (SSSR count). The van der Waals surface area contributed by atoms with E-state index in [-0.39, 0.29) is 18.2 Å². The van der Waals surface area contributed by atoms with Crippen LogP contribution in [-0.4, -0.2) is 32.0 Å². The highest BCUT2D eigenvalue weighted by Crippen LogP contribution is 2.20. The number of hydrogen-bond donors (Lipinski definition) is 2. The molecule has 1 heterocycles. The van der Waals surface area contributed by atoms with E-state index in [0.29, 0.717) is 17.1 Å². The largest absolute Gasteiger partial charge is 0.345 e. The molecule has 160 valence electrons. The third-order valence-electron chi connectivity index (χ3n) is 4.93. The Morgan fingerprint density at radius 3 is 2.34 bits per heavy atom. The van der Waals surface area contributed by atoms with Gasteiger partial charge in [-0.05, 0) is 53.2 Å². The van der Waals surface area contributed by atoms with Crippen LogP contribution in [0.25, 0.3) is 5.69 Å². The van der Waals surface area contributed by atoms with Crippen LogP contribution in [0, 0.1) is 6.92 Å². The van der Waals surface area contributed by atoms with E-state index in [1.54, 1.807) is 48.0 Å². The molecular weight excluding hydrogens is 404 g/mol. The van der Waals surface area contributed by atoms with Crippen LogP contribution in [0.4, 0.5) is 5.69 Å². The lowest BCUT2D eigenvalue weighted by molar-refractivity contribution is -0.116. The Hall–Kier alpha value is -4.33. The minimum Gasteiger partial charge on any atom is -0.345 e. The first-order valence-corrected chi connectivity index (χ1v) is 10.2. The fourth-order valence-corrected chi connectivity index (χ4v) is 3.35. The number of aryl methyl sites for hydroxylation is 1. The Balaban J connectivity index is 1.49. The first-order chi connectivity index (χ1) is 15.6. The number of hydrogen-bond acceptors (Lipinski definition) is 5. The maximum atomic E-state index is 12.9. The molecule has 2 amide bonds. The summed E-state index contributed by atoms with van der Waals surface area (Å²) in [5.41, 5.74) is 2.74. The van der Waals surface area contributed by atoms with Crippen molar-refractivity contribution in [1.29, 1.82) is 0 Å². The molecule has 0 saturated heterocycles. The van der Waals surface area contributed by atoms with Gasteiger partial charge in [-0.25, -0.2) is 0 Å². The Morgan fingerprint density at radius 1 is 0.938 bits per heavy atom. The van der Waals surface area contributed by atoms with Gasteiger partial charge < -0.3 is 10.6 Å². The van der Waals surface area contributed by atoms with Gasteiger partial charge in [0.2, 0.25) is 5.91 Å². The average Bonchev–Trinajstić information content (AvgIpc) is 3.26. The number of nitrogens with one attached hydrogen (secondary N) is 2. The monoisotopic (exact) mass is 426 g/mol. The van der Waals surface area contributed by atoms with E-state index in [9.17, 15) is 9.59 Å². The molecule has 4 aromatic rings. The Kier molecular flexibility index (Phi) is 6.31.